The fourth-order valence-corrected chi connectivity index (χ4v) is 5.03. The van der Waals surface area contributed by atoms with Crippen molar-refractivity contribution in [3.05, 3.63) is 45.1 Å². The van der Waals surface area contributed by atoms with Gasteiger partial charge in [-0.2, -0.15) is 15.6 Å². The van der Waals surface area contributed by atoms with Crippen LogP contribution in [-0.4, -0.2) is 18.8 Å². The molecule has 0 radical (unpaired) electrons. The van der Waals surface area contributed by atoms with E-state index in [-0.39, 0.29) is 10.9 Å². The molecule has 0 unspecified atom stereocenters. The Morgan fingerprint density at radius 1 is 1.33 bits per heavy atom. The first kappa shape index (κ1) is 15.0. The Kier molecular flexibility index (Phi) is 4.09. The minimum absolute atomic E-state index is 0.117. The smallest absolute Gasteiger partial charge is 0.243 e. The number of anilines is 1. The maximum atomic E-state index is 12.9. The summed E-state index contributed by atoms with van der Waals surface area (Å²) in [5.74, 6) is 0. The van der Waals surface area contributed by atoms with Crippen molar-refractivity contribution in [2.75, 3.05) is 5.73 Å². The molecular formula is C14H15BrN2O2S2. The van der Waals surface area contributed by atoms with Crippen LogP contribution in [0.4, 0.5) is 5.69 Å². The second-order valence-electron chi connectivity index (χ2n) is 5.10. The molecule has 1 aromatic carbocycles. The topological polar surface area (TPSA) is 63.4 Å². The van der Waals surface area contributed by atoms with Gasteiger partial charge in [0.05, 0.1) is 4.90 Å². The second-order valence-corrected chi connectivity index (χ2v) is 8.62. The van der Waals surface area contributed by atoms with Gasteiger partial charge in [-0.3, -0.25) is 0 Å². The summed E-state index contributed by atoms with van der Waals surface area (Å²) in [4.78, 5) is 0.283. The van der Waals surface area contributed by atoms with Gasteiger partial charge >= 0.3 is 0 Å². The van der Waals surface area contributed by atoms with E-state index in [1.54, 1.807) is 33.8 Å². The van der Waals surface area contributed by atoms with Crippen molar-refractivity contribution in [1.29, 1.82) is 0 Å². The SMILES string of the molecule is Nc1ccc(S(=O)(=O)N(Cc2ccsc2)C2CC2)cc1Br. The number of hydrogen-bond acceptors (Lipinski definition) is 4. The molecular weight excluding hydrogens is 372 g/mol. The number of halogens is 1. The number of sulfonamides is 1. The zero-order valence-electron chi connectivity index (χ0n) is 11.2. The van der Waals surface area contributed by atoms with E-state index >= 15 is 0 Å². The number of hydrogen-bond donors (Lipinski definition) is 1. The molecule has 21 heavy (non-hydrogen) atoms. The van der Waals surface area contributed by atoms with Crippen LogP contribution in [0.2, 0.25) is 0 Å². The van der Waals surface area contributed by atoms with Crippen LogP contribution in [0, 0.1) is 0 Å². The molecule has 0 saturated heterocycles. The van der Waals surface area contributed by atoms with Gasteiger partial charge in [-0.15, -0.1) is 0 Å². The molecule has 0 bridgehead atoms. The van der Waals surface area contributed by atoms with E-state index in [1.165, 1.54) is 0 Å². The zero-order chi connectivity index (χ0) is 15.0. The summed E-state index contributed by atoms with van der Waals surface area (Å²) in [6, 6.07) is 6.85. The zero-order valence-corrected chi connectivity index (χ0v) is 14.4. The Bertz CT molecular complexity index is 740. The van der Waals surface area contributed by atoms with E-state index in [0.29, 0.717) is 16.7 Å². The Hall–Kier alpha value is -0.890. The van der Waals surface area contributed by atoms with Crippen LogP contribution in [0.1, 0.15) is 18.4 Å². The van der Waals surface area contributed by atoms with Crippen LogP contribution in [0.15, 0.2) is 44.4 Å². The van der Waals surface area contributed by atoms with Gasteiger partial charge in [0, 0.05) is 22.7 Å². The average Bonchev–Trinajstić information content (AvgIpc) is 3.15. The predicted molar refractivity (Wildman–Crippen MR) is 88.6 cm³/mol. The van der Waals surface area contributed by atoms with Crippen LogP contribution in [0.3, 0.4) is 0 Å². The Morgan fingerprint density at radius 3 is 2.67 bits per heavy atom. The fraction of sp³-hybridized carbons (Fsp3) is 0.286. The first-order chi connectivity index (χ1) is 9.98. The summed E-state index contributed by atoms with van der Waals surface area (Å²) < 4.78 is 28.0. The quantitative estimate of drug-likeness (QED) is 0.800. The number of nitrogen functional groups attached to an aromatic ring is 1. The number of nitrogens with zero attached hydrogens (tertiary/aromatic N) is 1. The van der Waals surface area contributed by atoms with Crippen molar-refractivity contribution < 1.29 is 8.42 Å². The first-order valence-corrected chi connectivity index (χ1v) is 9.74. The molecule has 1 heterocycles. The van der Waals surface area contributed by atoms with Crippen LogP contribution in [-0.2, 0) is 16.6 Å². The number of thiophene rings is 1. The van der Waals surface area contributed by atoms with E-state index in [4.69, 9.17) is 5.73 Å². The standard InChI is InChI=1S/C14H15BrN2O2S2/c15-13-7-12(3-4-14(13)16)21(18,19)17(11-1-2-11)8-10-5-6-20-9-10/h3-7,9,11H,1-2,8,16H2. The molecule has 1 aromatic heterocycles. The van der Waals surface area contributed by atoms with Crippen LogP contribution >= 0.6 is 27.3 Å². The average molecular weight is 387 g/mol. The summed E-state index contributed by atoms with van der Waals surface area (Å²) in [7, 11) is -3.50. The lowest BCUT2D eigenvalue weighted by molar-refractivity contribution is 0.399. The van der Waals surface area contributed by atoms with Crippen molar-refractivity contribution in [2.24, 2.45) is 0 Å². The van der Waals surface area contributed by atoms with Gasteiger partial charge in [0.15, 0.2) is 0 Å². The van der Waals surface area contributed by atoms with Gasteiger partial charge in [0.25, 0.3) is 0 Å². The molecule has 0 atom stereocenters. The van der Waals surface area contributed by atoms with E-state index in [1.807, 2.05) is 16.8 Å². The Labute approximate surface area is 136 Å². The van der Waals surface area contributed by atoms with Crippen molar-refractivity contribution in [3.63, 3.8) is 0 Å². The maximum Gasteiger partial charge on any atom is 0.243 e. The summed E-state index contributed by atoms with van der Waals surface area (Å²) in [6.07, 6.45) is 1.86. The van der Waals surface area contributed by atoms with Gasteiger partial charge in [-0.25, -0.2) is 8.42 Å². The summed E-state index contributed by atoms with van der Waals surface area (Å²) in [6.45, 7) is 0.429. The highest BCUT2D eigenvalue weighted by atomic mass is 79.9. The van der Waals surface area contributed by atoms with Gasteiger partial charge < -0.3 is 5.73 Å². The normalized spacial score (nSPS) is 15.5. The molecule has 7 heteroatoms. The van der Waals surface area contributed by atoms with Gasteiger partial charge in [0.2, 0.25) is 10.0 Å². The number of benzene rings is 1. The predicted octanol–water partition coefficient (Wildman–Crippen LogP) is 3.45. The molecule has 0 spiro atoms. The monoisotopic (exact) mass is 386 g/mol. The lowest BCUT2D eigenvalue weighted by atomic mass is 10.3. The van der Waals surface area contributed by atoms with Crippen molar-refractivity contribution in [2.45, 2.75) is 30.3 Å². The third-order valence-corrected chi connectivity index (χ3v) is 6.76. The lowest BCUT2D eigenvalue weighted by Gasteiger charge is -2.21. The molecule has 2 N–H and O–H groups in total. The molecule has 1 saturated carbocycles. The van der Waals surface area contributed by atoms with Crippen LogP contribution in [0.5, 0.6) is 0 Å². The van der Waals surface area contributed by atoms with Crippen molar-refractivity contribution >= 4 is 43.0 Å². The number of rotatable bonds is 5. The van der Waals surface area contributed by atoms with E-state index < -0.39 is 10.0 Å². The van der Waals surface area contributed by atoms with E-state index in [9.17, 15) is 8.42 Å². The Balaban J connectivity index is 1.95. The summed E-state index contributed by atoms with van der Waals surface area (Å²) in [5.41, 5.74) is 7.30. The minimum atomic E-state index is -3.50. The maximum absolute atomic E-state index is 12.9. The number of nitrogens with two attached hydrogens (primary N) is 1. The highest BCUT2D eigenvalue weighted by Crippen LogP contribution is 2.35. The molecule has 112 valence electrons. The van der Waals surface area contributed by atoms with Gasteiger partial charge in [-0.05, 0) is 69.4 Å². The van der Waals surface area contributed by atoms with Crippen molar-refractivity contribution in [3.8, 4) is 0 Å². The molecule has 1 fully saturated rings. The largest absolute Gasteiger partial charge is 0.398 e. The molecule has 1 aliphatic rings. The minimum Gasteiger partial charge on any atom is -0.398 e. The molecule has 0 aliphatic heterocycles. The summed E-state index contributed by atoms with van der Waals surface area (Å²) >= 11 is 4.87. The van der Waals surface area contributed by atoms with E-state index in [2.05, 4.69) is 15.9 Å². The highest BCUT2D eigenvalue weighted by Gasteiger charge is 2.38. The van der Waals surface area contributed by atoms with Gasteiger partial charge in [-0.1, -0.05) is 0 Å². The molecule has 3 rings (SSSR count). The first-order valence-electron chi connectivity index (χ1n) is 6.56. The third kappa shape index (κ3) is 3.15. The lowest BCUT2D eigenvalue weighted by Crippen LogP contribution is -2.32. The summed E-state index contributed by atoms with van der Waals surface area (Å²) in [5, 5.41) is 3.95. The third-order valence-electron chi connectivity index (χ3n) is 3.45. The molecule has 2 aromatic rings. The Morgan fingerprint density at radius 2 is 2.10 bits per heavy atom. The van der Waals surface area contributed by atoms with Crippen LogP contribution < -0.4 is 5.73 Å². The van der Waals surface area contributed by atoms with Crippen LogP contribution in [0.25, 0.3) is 0 Å². The highest BCUT2D eigenvalue weighted by molar-refractivity contribution is 9.10. The molecule has 4 nitrogen and oxygen atoms in total. The molecule has 1 aliphatic carbocycles. The van der Waals surface area contributed by atoms with Crippen molar-refractivity contribution in [1.82, 2.24) is 4.31 Å². The fourth-order valence-electron chi connectivity index (χ4n) is 2.14. The van der Waals surface area contributed by atoms with Gasteiger partial charge in [0.1, 0.15) is 0 Å². The van der Waals surface area contributed by atoms with E-state index in [0.717, 1.165) is 18.4 Å². The second kappa shape index (κ2) is 5.72. The molecule has 0 amide bonds.